The van der Waals surface area contributed by atoms with Crippen molar-refractivity contribution >= 4 is 27.8 Å². The molecule has 0 unspecified atom stereocenters. The Morgan fingerprint density at radius 2 is 0.726 bits per heavy atom. The highest BCUT2D eigenvalue weighted by Crippen LogP contribution is 2.65. The van der Waals surface area contributed by atoms with Crippen LogP contribution >= 0.6 is 0 Å². The average molecular weight is 926 g/mol. The zero-order valence-electron chi connectivity index (χ0n) is 40.1. The van der Waals surface area contributed by atoms with Crippen LogP contribution in [0.3, 0.4) is 0 Å². The Bertz CT molecular complexity index is 4060. The predicted molar refractivity (Wildman–Crippen MR) is 303 cm³/mol. The molecule has 0 fully saturated rings. The maximum atomic E-state index is 2.51. The first kappa shape index (κ1) is 41.5. The van der Waals surface area contributed by atoms with Crippen molar-refractivity contribution in [1.29, 1.82) is 0 Å². The van der Waals surface area contributed by atoms with Gasteiger partial charge in [0.25, 0.3) is 0 Å². The minimum absolute atomic E-state index is 0.449. The van der Waals surface area contributed by atoms with Crippen LogP contribution in [0.1, 0.15) is 44.5 Å². The molecule has 0 heterocycles. The highest BCUT2D eigenvalue weighted by Gasteiger charge is 2.52. The van der Waals surface area contributed by atoms with Gasteiger partial charge >= 0.3 is 0 Å². The van der Waals surface area contributed by atoms with Crippen LogP contribution in [0.4, 0.5) is 17.1 Å². The van der Waals surface area contributed by atoms with Crippen LogP contribution in [0.15, 0.2) is 285 Å². The van der Waals surface area contributed by atoms with Gasteiger partial charge in [0, 0.05) is 16.9 Å². The van der Waals surface area contributed by atoms with Gasteiger partial charge in [0.2, 0.25) is 0 Å². The normalized spacial score (nSPS) is 13.7. The van der Waals surface area contributed by atoms with E-state index in [2.05, 4.69) is 290 Å². The van der Waals surface area contributed by atoms with E-state index in [0.29, 0.717) is 0 Å². The monoisotopic (exact) mass is 925 g/mol. The van der Waals surface area contributed by atoms with Gasteiger partial charge in [0.05, 0.1) is 16.5 Å². The molecule has 1 nitrogen and oxygen atoms in total. The van der Waals surface area contributed by atoms with Crippen molar-refractivity contribution in [1.82, 2.24) is 0 Å². The van der Waals surface area contributed by atoms with Gasteiger partial charge < -0.3 is 4.90 Å². The first-order valence-corrected chi connectivity index (χ1v) is 25.5. The highest BCUT2D eigenvalue weighted by molar-refractivity contribution is 6.06. The third-order valence-corrected chi connectivity index (χ3v) is 16.3. The third kappa shape index (κ3) is 5.79. The van der Waals surface area contributed by atoms with E-state index in [9.17, 15) is 0 Å². The molecular formula is C72H47N. The molecule has 0 atom stereocenters. The second-order valence-corrected chi connectivity index (χ2v) is 19.8. The largest absolute Gasteiger partial charge is 0.310 e. The lowest BCUT2D eigenvalue weighted by Gasteiger charge is -2.34. The smallest absolute Gasteiger partial charge is 0.0726 e. The summed E-state index contributed by atoms with van der Waals surface area (Å²) in [4.78, 5) is 2.49. The second kappa shape index (κ2) is 16.1. The van der Waals surface area contributed by atoms with Gasteiger partial charge in [-0.2, -0.15) is 0 Å². The summed E-state index contributed by atoms with van der Waals surface area (Å²) in [5.74, 6) is 0. The Kier molecular flexibility index (Phi) is 9.16. The van der Waals surface area contributed by atoms with Crippen LogP contribution in [0, 0.1) is 0 Å². The molecule has 73 heavy (non-hydrogen) atoms. The molecule has 0 aliphatic heterocycles. The van der Waals surface area contributed by atoms with Gasteiger partial charge in [-0.15, -0.1) is 0 Å². The van der Waals surface area contributed by atoms with Crippen LogP contribution in [0.5, 0.6) is 0 Å². The molecular weight excluding hydrogens is 879 g/mol. The van der Waals surface area contributed by atoms with E-state index in [0.717, 1.165) is 22.6 Å². The fourth-order valence-electron chi connectivity index (χ4n) is 13.6. The summed E-state index contributed by atoms with van der Waals surface area (Å²) in [6.45, 7) is 0. The Morgan fingerprint density at radius 3 is 1.38 bits per heavy atom. The molecule has 0 N–H and O–H groups in total. The van der Waals surface area contributed by atoms with Gasteiger partial charge in [0.15, 0.2) is 0 Å². The first-order valence-electron chi connectivity index (χ1n) is 25.5. The SMILES string of the molecule is c1ccc(N(c2cccc(-c3ccc4ccccc4c3-c3ccc4c(c3)C(c3ccccc3)(c3ccccc3)c3ccccc3-4)c2)c2cccc3c2-c2ccccc2C32c3ccccc3-c3ccccc32)cc1. The number of para-hydroxylation sites is 1. The lowest BCUT2D eigenvalue weighted by atomic mass is 9.67. The summed E-state index contributed by atoms with van der Waals surface area (Å²) in [6, 6.07) is 107. The second-order valence-electron chi connectivity index (χ2n) is 19.8. The van der Waals surface area contributed by atoms with Gasteiger partial charge in [0.1, 0.15) is 0 Å². The minimum Gasteiger partial charge on any atom is -0.310 e. The zero-order chi connectivity index (χ0) is 48.1. The lowest BCUT2D eigenvalue weighted by Crippen LogP contribution is -2.28. The number of rotatable bonds is 7. The standard InChI is InChI=1S/C72H47N/c1-4-24-51(25-5-1)71(52-26-6-2-7-27-52)62-36-16-12-34-59(62)60-45-43-50(47-67(60)71)69-55-31-11-10-22-48(55)42-44-56(69)49-23-20-30-54(46-49)73(53-28-8-3-9-29-53)68-41-21-40-66-70(68)61-35-15-19-39-65(61)72(66)63-37-17-13-32-57(63)58-33-14-18-38-64(58)72/h1-47H. The van der Waals surface area contributed by atoms with E-state index < -0.39 is 10.8 Å². The summed E-state index contributed by atoms with van der Waals surface area (Å²) in [6.07, 6.45) is 0. The van der Waals surface area contributed by atoms with Crippen molar-refractivity contribution in [2.75, 3.05) is 4.90 Å². The molecule has 340 valence electrons. The van der Waals surface area contributed by atoms with E-state index in [-0.39, 0.29) is 0 Å². The maximum Gasteiger partial charge on any atom is 0.0726 e. The summed E-state index contributed by atoms with van der Waals surface area (Å²) in [5.41, 5.74) is 25.4. The molecule has 1 spiro atoms. The Morgan fingerprint density at radius 1 is 0.247 bits per heavy atom. The minimum atomic E-state index is -0.513. The summed E-state index contributed by atoms with van der Waals surface area (Å²) < 4.78 is 0. The third-order valence-electron chi connectivity index (χ3n) is 16.3. The quantitative estimate of drug-likeness (QED) is 0.154. The number of nitrogens with zero attached hydrogens (tertiary/aromatic N) is 1. The van der Waals surface area contributed by atoms with E-state index in [4.69, 9.17) is 0 Å². The lowest BCUT2D eigenvalue weighted by molar-refractivity contribution is 0.769. The van der Waals surface area contributed by atoms with Crippen LogP contribution in [-0.4, -0.2) is 0 Å². The van der Waals surface area contributed by atoms with Crippen LogP contribution in [0.25, 0.3) is 66.4 Å². The average Bonchev–Trinajstić information content (AvgIpc) is 4.06. The number of hydrogen-bond donors (Lipinski definition) is 0. The highest BCUT2D eigenvalue weighted by atomic mass is 15.1. The van der Waals surface area contributed by atoms with Crippen molar-refractivity contribution in [2.24, 2.45) is 0 Å². The molecule has 15 rings (SSSR count). The van der Waals surface area contributed by atoms with Crippen LogP contribution in [-0.2, 0) is 10.8 Å². The van der Waals surface area contributed by atoms with Crippen molar-refractivity contribution < 1.29 is 0 Å². The molecule has 0 radical (unpaired) electrons. The zero-order valence-corrected chi connectivity index (χ0v) is 40.1. The molecule has 0 bridgehead atoms. The molecule has 12 aromatic carbocycles. The van der Waals surface area contributed by atoms with E-state index in [1.165, 1.54) is 105 Å². The van der Waals surface area contributed by atoms with E-state index >= 15 is 0 Å². The topological polar surface area (TPSA) is 3.24 Å². The number of anilines is 3. The molecule has 0 amide bonds. The molecule has 0 aromatic heterocycles. The summed E-state index contributed by atoms with van der Waals surface area (Å²) in [7, 11) is 0. The molecule has 12 aromatic rings. The van der Waals surface area contributed by atoms with Gasteiger partial charge in [-0.05, 0) is 142 Å². The molecule has 3 aliphatic carbocycles. The Hall–Kier alpha value is -9.30. The molecule has 3 aliphatic rings. The van der Waals surface area contributed by atoms with Gasteiger partial charge in [-0.3, -0.25) is 0 Å². The Labute approximate surface area is 426 Å². The molecule has 1 heteroatoms. The molecule has 0 saturated heterocycles. The van der Waals surface area contributed by atoms with Crippen molar-refractivity contribution in [2.45, 2.75) is 10.8 Å². The number of benzene rings is 12. The summed E-state index contributed by atoms with van der Waals surface area (Å²) in [5, 5.41) is 2.44. The summed E-state index contributed by atoms with van der Waals surface area (Å²) >= 11 is 0. The van der Waals surface area contributed by atoms with Gasteiger partial charge in [-0.1, -0.05) is 249 Å². The van der Waals surface area contributed by atoms with E-state index in [1.54, 1.807) is 0 Å². The predicted octanol–water partition coefficient (Wildman–Crippen LogP) is 18.4. The number of hydrogen-bond acceptors (Lipinski definition) is 1. The van der Waals surface area contributed by atoms with Crippen molar-refractivity contribution in [3.63, 3.8) is 0 Å². The van der Waals surface area contributed by atoms with Gasteiger partial charge in [-0.25, -0.2) is 0 Å². The fourth-order valence-corrected chi connectivity index (χ4v) is 13.6. The number of fused-ring (bicyclic) bond motifs is 14. The Balaban J connectivity index is 0.950. The fraction of sp³-hybridized carbons (Fsp3) is 0.0278. The van der Waals surface area contributed by atoms with Crippen molar-refractivity contribution in [3.8, 4) is 55.6 Å². The molecule has 0 saturated carbocycles. The maximum absolute atomic E-state index is 2.51. The van der Waals surface area contributed by atoms with Crippen LogP contribution < -0.4 is 4.90 Å². The first-order chi connectivity index (χ1) is 36.2. The van der Waals surface area contributed by atoms with E-state index in [1.807, 2.05) is 0 Å². The van der Waals surface area contributed by atoms with Crippen LogP contribution in [0.2, 0.25) is 0 Å². The van der Waals surface area contributed by atoms with Crippen molar-refractivity contribution in [3.05, 3.63) is 330 Å².